The second kappa shape index (κ2) is 3.35. The molecule has 1 fully saturated rings. The quantitative estimate of drug-likeness (QED) is 0.569. The SMILES string of the molecule is CC[C@@H]1CN(C)[C@H](C)CC1=O. The monoisotopic (exact) mass is 155 g/mol. The maximum atomic E-state index is 11.4. The molecule has 0 aromatic heterocycles. The lowest BCUT2D eigenvalue weighted by molar-refractivity contribution is -0.127. The molecule has 0 N–H and O–H groups in total. The Hall–Kier alpha value is -0.370. The van der Waals surface area contributed by atoms with E-state index >= 15 is 0 Å². The third-order valence-electron chi connectivity index (χ3n) is 2.71. The summed E-state index contributed by atoms with van der Waals surface area (Å²) in [5, 5.41) is 0. The van der Waals surface area contributed by atoms with E-state index in [1.54, 1.807) is 0 Å². The summed E-state index contributed by atoms with van der Waals surface area (Å²) >= 11 is 0. The van der Waals surface area contributed by atoms with E-state index < -0.39 is 0 Å². The summed E-state index contributed by atoms with van der Waals surface area (Å²) < 4.78 is 0. The van der Waals surface area contributed by atoms with Gasteiger partial charge in [0, 0.05) is 24.9 Å². The van der Waals surface area contributed by atoms with Crippen LogP contribution in [0.4, 0.5) is 0 Å². The molecule has 2 atom stereocenters. The zero-order chi connectivity index (χ0) is 8.43. The molecule has 1 rings (SSSR count). The fraction of sp³-hybridized carbons (Fsp3) is 0.889. The summed E-state index contributed by atoms with van der Waals surface area (Å²) in [6.07, 6.45) is 1.74. The predicted octanol–water partition coefficient (Wildman–Crippen LogP) is 1.31. The Kier molecular flexibility index (Phi) is 2.66. The number of nitrogens with zero attached hydrogens (tertiary/aromatic N) is 1. The van der Waals surface area contributed by atoms with Crippen LogP contribution in [0.5, 0.6) is 0 Å². The molecule has 64 valence electrons. The van der Waals surface area contributed by atoms with Crippen LogP contribution in [-0.2, 0) is 4.79 Å². The highest BCUT2D eigenvalue weighted by molar-refractivity contribution is 5.82. The second-order valence-electron chi connectivity index (χ2n) is 3.56. The van der Waals surface area contributed by atoms with E-state index in [2.05, 4.69) is 25.8 Å². The normalized spacial score (nSPS) is 34.3. The fourth-order valence-electron chi connectivity index (χ4n) is 1.60. The maximum Gasteiger partial charge on any atom is 0.138 e. The predicted molar refractivity (Wildman–Crippen MR) is 45.5 cm³/mol. The van der Waals surface area contributed by atoms with Gasteiger partial charge in [0.15, 0.2) is 0 Å². The molecule has 1 heterocycles. The highest BCUT2D eigenvalue weighted by atomic mass is 16.1. The Morgan fingerprint density at radius 2 is 2.27 bits per heavy atom. The van der Waals surface area contributed by atoms with E-state index in [0.717, 1.165) is 19.4 Å². The van der Waals surface area contributed by atoms with Crippen molar-refractivity contribution in [3.8, 4) is 0 Å². The summed E-state index contributed by atoms with van der Waals surface area (Å²) in [4.78, 5) is 13.6. The highest BCUT2D eigenvalue weighted by Gasteiger charge is 2.27. The van der Waals surface area contributed by atoms with E-state index in [1.165, 1.54) is 0 Å². The Morgan fingerprint density at radius 3 is 2.82 bits per heavy atom. The third kappa shape index (κ3) is 1.80. The Labute approximate surface area is 68.6 Å². The van der Waals surface area contributed by atoms with Crippen molar-refractivity contribution in [3.05, 3.63) is 0 Å². The van der Waals surface area contributed by atoms with Crippen LogP contribution in [0.25, 0.3) is 0 Å². The molecular weight excluding hydrogens is 138 g/mol. The van der Waals surface area contributed by atoms with Gasteiger partial charge in [-0.05, 0) is 20.4 Å². The summed E-state index contributed by atoms with van der Waals surface area (Å²) in [6.45, 7) is 5.16. The van der Waals surface area contributed by atoms with Gasteiger partial charge in [-0.1, -0.05) is 6.92 Å². The molecule has 0 aromatic rings. The summed E-state index contributed by atoms with van der Waals surface area (Å²) in [5.41, 5.74) is 0. The van der Waals surface area contributed by atoms with Crippen molar-refractivity contribution >= 4 is 5.78 Å². The Morgan fingerprint density at radius 1 is 1.64 bits per heavy atom. The van der Waals surface area contributed by atoms with Crippen molar-refractivity contribution in [2.45, 2.75) is 32.7 Å². The van der Waals surface area contributed by atoms with E-state index in [4.69, 9.17) is 0 Å². The average Bonchev–Trinajstić information content (AvgIpc) is 1.97. The van der Waals surface area contributed by atoms with Gasteiger partial charge in [-0.15, -0.1) is 0 Å². The van der Waals surface area contributed by atoms with Gasteiger partial charge < -0.3 is 4.90 Å². The minimum absolute atomic E-state index is 0.302. The number of rotatable bonds is 1. The van der Waals surface area contributed by atoms with E-state index in [9.17, 15) is 4.79 Å². The Balaban J connectivity index is 2.55. The molecule has 11 heavy (non-hydrogen) atoms. The molecule has 0 radical (unpaired) electrons. The summed E-state index contributed by atoms with van der Waals surface area (Å²) in [7, 11) is 2.10. The first-order chi connectivity index (χ1) is 5.15. The van der Waals surface area contributed by atoms with E-state index in [0.29, 0.717) is 17.7 Å². The van der Waals surface area contributed by atoms with Crippen LogP contribution in [0.3, 0.4) is 0 Å². The van der Waals surface area contributed by atoms with Crippen molar-refractivity contribution in [1.82, 2.24) is 4.90 Å². The number of piperidine rings is 1. The second-order valence-corrected chi connectivity index (χ2v) is 3.56. The van der Waals surface area contributed by atoms with Crippen LogP contribution in [-0.4, -0.2) is 30.3 Å². The number of ketones is 1. The number of carbonyl (C=O) groups excluding carboxylic acids is 1. The standard InChI is InChI=1S/C9H17NO/c1-4-8-6-10(3)7(2)5-9(8)11/h7-8H,4-6H2,1-3H3/t7-,8-/m1/s1. The molecule has 0 spiro atoms. The molecular formula is C9H17NO. The lowest BCUT2D eigenvalue weighted by Crippen LogP contribution is -2.43. The zero-order valence-electron chi connectivity index (χ0n) is 7.63. The zero-order valence-corrected chi connectivity index (χ0v) is 7.63. The van der Waals surface area contributed by atoms with E-state index in [-0.39, 0.29) is 0 Å². The van der Waals surface area contributed by atoms with Gasteiger partial charge in [0.25, 0.3) is 0 Å². The van der Waals surface area contributed by atoms with Crippen molar-refractivity contribution in [1.29, 1.82) is 0 Å². The fourth-order valence-corrected chi connectivity index (χ4v) is 1.60. The minimum Gasteiger partial charge on any atom is -0.303 e. The lowest BCUT2D eigenvalue weighted by Gasteiger charge is -2.33. The average molecular weight is 155 g/mol. The molecule has 2 heteroatoms. The first kappa shape index (κ1) is 8.72. The number of hydrogen-bond acceptors (Lipinski definition) is 2. The molecule has 0 bridgehead atoms. The third-order valence-corrected chi connectivity index (χ3v) is 2.71. The molecule has 2 nitrogen and oxygen atoms in total. The molecule has 1 saturated heterocycles. The van der Waals surface area contributed by atoms with Gasteiger partial charge in [0.2, 0.25) is 0 Å². The topological polar surface area (TPSA) is 20.3 Å². The van der Waals surface area contributed by atoms with Crippen LogP contribution >= 0.6 is 0 Å². The molecule has 1 aliphatic heterocycles. The summed E-state index contributed by atoms with van der Waals surface area (Å²) in [6, 6.07) is 0.449. The maximum absolute atomic E-state index is 11.4. The van der Waals surface area contributed by atoms with Crippen molar-refractivity contribution in [2.75, 3.05) is 13.6 Å². The Bertz CT molecular complexity index is 156. The van der Waals surface area contributed by atoms with E-state index in [1.807, 2.05) is 0 Å². The smallest absolute Gasteiger partial charge is 0.138 e. The van der Waals surface area contributed by atoms with Crippen LogP contribution in [0.15, 0.2) is 0 Å². The minimum atomic E-state index is 0.302. The molecule has 0 aliphatic carbocycles. The molecule has 0 amide bonds. The summed E-state index contributed by atoms with van der Waals surface area (Å²) in [5.74, 6) is 0.759. The van der Waals surface area contributed by atoms with Crippen molar-refractivity contribution in [3.63, 3.8) is 0 Å². The van der Waals surface area contributed by atoms with Gasteiger partial charge in [-0.25, -0.2) is 0 Å². The molecule has 0 unspecified atom stereocenters. The van der Waals surface area contributed by atoms with Crippen LogP contribution < -0.4 is 0 Å². The van der Waals surface area contributed by atoms with Gasteiger partial charge in [-0.3, -0.25) is 4.79 Å². The number of Topliss-reactive ketones (excluding diaryl/α,β-unsaturated/α-hetero) is 1. The first-order valence-electron chi connectivity index (χ1n) is 4.38. The molecule has 0 saturated carbocycles. The lowest BCUT2D eigenvalue weighted by atomic mass is 9.91. The van der Waals surface area contributed by atoms with Crippen LogP contribution in [0.2, 0.25) is 0 Å². The van der Waals surface area contributed by atoms with Gasteiger partial charge in [-0.2, -0.15) is 0 Å². The van der Waals surface area contributed by atoms with Crippen LogP contribution in [0.1, 0.15) is 26.7 Å². The molecule has 0 aromatic carbocycles. The van der Waals surface area contributed by atoms with Crippen molar-refractivity contribution < 1.29 is 4.79 Å². The highest BCUT2D eigenvalue weighted by Crippen LogP contribution is 2.18. The molecule has 1 aliphatic rings. The number of carbonyl (C=O) groups is 1. The number of hydrogen-bond donors (Lipinski definition) is 0. The van der Waals surface area contributed by atoms with Gasteiger partial charge in [0.1, 0.15) is 5.78 Å². The van der Waals surface area contributed by atoms with Gasteiger partial charge in [0.05, 0.1) is 0 Å². The van der Waals surface area contributed by atoms with Crippen LogP contribution in [0, 0.1) is 5.92 Å². The largest absolute Gasteiger partial charge is 0.303 e. The van der Waals surface area contributed by atoms with Gasteiger partial charge >= 0.3 is 0 Å². The van der Waals surface area contributed by atoms with Crippen molar-refractivity contribution in [2.24, 2.45) is 5.92 Å². The number of likely N-dealkylation sites (tertiary alicyclic amines) is 1. The first-order valence-corrected chi connectivity index (χ1v) is 4.38.